The van der Waals surface area contributed by atoms with Crippen LogP contribution in [0.3, 0.4) is 0 Å². The van der Waals surface area contributed by atoms with Gasteiger partial charge in [-0.25, -0.2) is 0 Å². The summed E-state index contributed by atoms with van der Waals surface area (Å²) in [6.07, 6.45) is 19.2. The molecule has 0 aromatic heterocycles. The van der Waals surface area contributed by atoms with Gasteiger partial charge < -0.3 is 4.74 Å². The van der Waals surface area contributed by atoms with Gasteiger partial charge in [-0.3, -0.25) is 0 Å². The van der Waals surface area contributed by atoms with Crippen molar-refractivity contribution in [3.8, 4) is 0 Å². The van der Waals surface area contributed by atoms with Gasteiger partial charge in [-0.15, -0.1) is 0 Å². The van der Waals surface area contributed by atoms with Crippen molar-refractivity contribution in [1.82, 2.24) is 0 Å². The molecule has 1 spiro atoms. The summed E-state index contributed by atoms with van der Waals surface area (Å²) in [4.78, 5) is 0. The number of ether oxygens (including phenoxy) is 1. The van der Waals surface area contributed by atoms with E-state index in [-0.39, 0.29) is 5.60 Å². The van der Waals surface area contributed by atoms with Crippen molar-refractivity contribution in [1.29, 1.82) is 0 Å². The highest BCUT2D eigenvalue weighted by atomic mass is 16.5. The molecule has 3 fully saturated rings. The van der Waals surface area contributed by atoms with Crippen molar-refractivity contribution in [2.24, 2.45) is 11.8 Å². The molecule has 2 aliphatic carbocycles. The zero-order valence-electron chi connectivity index (χ0n) is 17.6. The van der Waals surface area contributed by atoms with E-state index in [2.05, 4.69) is 31.2 Å². The molecule has 1 heteroatoms. The normalized spacial score (nSPS) is 34.2. The molecule has 0 N–H and O–H groups in total. The maximum atomic E-state index is 6.09. The number of hydrogen-bond donors (Lipinski definition) is 0. The van der Waals surface area contributed by atoms with Crippen LogP contribution in [0.4, 0.5) is 0 Å². The second-order valence-corrected chi connectivity index (χ2v) is 9.86. The first-order valence-electron chi connectivity index (χ1n) is 12.0. The first-order chi connectivity index (χ1) is 13.3. The second kappa shape index (κ2) is 9.12. The van der Waals surface area contributed by atoms with Crippen LogP contribution in [0.25, 0.3) is 0 Å². The summed E-state index contributed by atoms with van der Waals surface area (Å²) >= 11 is 0. The summed E-state index contributed by atoms with van der Waals surface area (Å²) in [5.74, 6) is 2.79. The van der Waals surface area contributed by atoms with E-state index in [4.69, 9.17) is 4.74 Å². The van der Waals surface area contributed by atoms with Gasteiger partial charge in [0, 0.05) is 6.61 Å². The van der Waals surface area contributed by atoms with Crippen LogP contribution in [0, 0.1) is 11.8 Å². The summed E-state index contributed by atoms with van der Waals surface area (Å²) in [5.41, 5.74) is 3.40. The Kier molecular flexibility index (Phi) is 6.58. The predicted molar refractivity (Wildman–Crippen MR) is 114 cm³/mol. The van der Waals surface area contributed by atoms with Crippen molar-refractivity contribution in [3.05, 3.63) is 35.4 Å². The van der Waals surface area contributed by atoms with Gasteiger partial charge in [0.1, 0.15) is 0 Å². The summed E-state index contributed by atoms with van der Waals surface area (Å²) in [6, 6.07) is 9.72. The third kappa shape index (κ3) is 4.97. The Morgan fingerprint density at radius 2 is 1.52 bits per heavy atom. The molecule has 1 saturated heterocycles. The fourth-order valence-corrected chi connectivity index (χ4v) is 6.17. The Bertz CT molecular complexity index is 550. The summed E-state index contributed by atoms with van der Waals surface area (Å²) in [5, 5.41) is 0. The van der Waals surface area contributed by atoms with Gasteiger partial charge in [-0.05, 0) is 80.2 Å². The van der Waals surface area contributed by atoms with Crippen LogP contribution in [0.5, 0.6) is 0 Å². The molecule has 0 atom stereocenters. The van der Waals surface area contributed by atoms with Crippen LogP contribution < -0.4 is 0 Å². The van der Waals surface area contributed by atoms with E-state index >= 15 is 0 Å². The number of aryl methyl sites for hydroxylation is 1. The number of benzene rings is 1. The third-order valence-corrected chi connectivity index (χ3v) is 8.04. The summed E-state index contributed by atoms with van der Waals surface area (Å²) < 4.78 is 6.09. The van der Waals surface area contributed by atoms with Gasteiger partial charge in [-0.1, -0.05) is 69.7 Å². The molecule has 150 valence electrons. The van der Waals surface area contributed by atoms with Gasteiger partial charge in [-0.2, -0.15) is 0 Å². The Balaban J connectivity index is 1.21. The first kappa shape index (κ1) is 19.5. The van der Waals surface area contributed by atoms with E-state index in [1.165, 1.54) is 89.9 Å². The molecular formula is C26H40O. The molecule has 0 radical (unpaired) electrons. The SMILES string of the molecule is CCCC1CCC(CCc2ccc(C3CCC4(CCCO4)CC3)cc2)CC1. The van der Waals surface area contributed by atoms with Gasteiger partial charge in [0.25, 0.3) is 0 Å². The highest BCUT2D eigenvalue weighted by Gasteiger charge is 2.39. The largest absolute Gasteiger partial charge is 0.375 e. The van der Waals surface area contributed by atoms with E-state index in [9.17, 15) is 0 Å². The maximum absolute atomic E-state index is 6.09. The van der Waals surface area contributed by atoms with Crippen molar-refractivity contribution < 1.29 is 4.74 Å². The minimum atomic E-state index is 0.270. The highest BCUT2D eigenvalue weighted by Crippen LogP contribution is 2.44. The second-order valence-electron chi connectivity index (χ2n) is 9.86. The minimum Gasteiger partial charge on any atom is -0.375 e. The zero-order valence-corrected chi connectivity index (χ0v) is 17.6. The number of hydrogen-bond acceptors (Lipinski definition) is 1. The standard InChI is InChI=1S/C26H40O/c1-2-4-21-5-7-22(8-6-21)9-10-23-11-13-24(14-12-23)25-15-18-26(19-16-25)17-3-20-27-26/h11-14,21-22,25H,2-10,15-20H2,1H3. The Labute approximate surface area is 167 Å². The summed E-state index contributed by atoms with van der Waals surface area (Å²) in [7, 11) is 0. The maximum Gasteiger partial charge on any atom is 0.0683 e. The van der Waals surface area contributed by atoms with Crippen LogP contribution in [0.2, 0.25) is 0 Å². The van der Waals surface area contributed by atoms with Crippen LogP contribution in [0.1, 0.15) is 107 Å². The van der Waals surface area contributed by atoms with Crippen molar-refractivity contribution in [2.45, 2.75) is 108 Å². The fraction of sp³-hybridized carbons (Fsp3) is 0.769. The summed E-state index contributed by atoms with van der Waals surface area (Å²) in [6.45, 7) is 3.34. The molecule has 1 aromatic carbocycles. The van der Waals surface area contributed by atoms with Gasteiger partial charge in [0.05, 0.1) is 5.60 Å². The van der Waals surface area contributed by atoms with Crippen LogP contribution in [-0.2, 0) is 11.2 Å². The van der Waals surface area contributed by atoms with Crippen molar-refractivity contribution >= 4 is 0 Å². The first-order valence-corrected chi connectivity index (χ1v) is 12.0. The van der Waals surface area contributed by atoms with Crippen molar-refractivity contribution in [3.63, 3.8) is 0 Å². The zero-order chi connectivity index (χ0) is 18.5. The van der Waals surface area contributed by atoms with E-state index in [1.807, 2.05) is 0 Å². The average Bonchev–Trinajstić information content (AvgIpc) is 3.17. The van der Waals surface area contributed by atoms with Crippen LogP contribution >= 0.6 is 0 Å². The van der Waals surface area contributed by atoms with Gasteiger partial charge >= 0.3 is 0 Å². The average molecular weight is 369 g/mol. The molecule has 1 aliphatic heterocycles. The Hall–Kier alpha value is -0.820. The van der Waals surface area contributed by atoms with Crippen molar-refractivity contribution in [2.75, 3.05) is 6.61 Å². The Morgan fingerprint density at radius 3 is 2.11 bits per heavy atom. The molecule has 0 unspecified atom stereocenters. The molecular weight excluding hydrogens is 328 g/mol. The monoisotopic (exact) mass is 368 g/mol. The lowest BCUT2D eigenvalue weighted by Crippen LogP contribution is -2.32. The highest BCUT2D eigenvalue weighted by molar-refractivity contribution is 5.26. The molecule has 27 heavy (non-hydrogen) atoms. The lowest BCUT2D eigenvalue weighted by atomic mass is 9.75. The predicted octanol–water partition coefficient (Wildman–Crippen LogP) is 7.43. The van der Waals surface area contributed by atoms with E-state index in [1.54, 1.807) is 11.1 Å². The van der Waals surface area contributed by atoms with Crippen LogP contribution in [-0.4, -0.2) is 12.2 Å². The smallest absolute Gasteiger partial charge is 0.0683 e. The minimum absolute atomic E-state index is 0.270. The lowest BCUT2D eigenvalue weighted by molar-refractivity contribution is -0.0281. The molecule has 3 aliphatic rings. The molecule has 0 bridgehead atoms. The molecule has 0 amide bonds. The van der Waals surface area contributed by atoms with E-state index < -0.39 is 0 Å². The lowest BCUT2D eigenvalue weighted by Gasteiger charge is -2.36. The Morgan fingerprint density at radius 1 is 0.852 bits per heavy atom. The fourth-order valence-electron chi connectivity index (χ4n) is 6.17. The van der Waals surface area contributed by atoms with Gasteiger partial charge in [0.2, 0.25) is 0 Å². The molecule has 1 aromatic rings. The number of rotatable bonds is 6. The van der Waals surface area contributed by atoms with Crippen LogP contribution in [0.15, 0.2) is 24.3 Å². The molecule has 4 rings (SSSR count). The van der Waals surface area contributed by atoms with E-state index in [0.29, 0.717) is 0 Å². The van der Waals surface area contributed by atoms with E-state index in [0.717, 1.165) is 24.4 Å². The van der Waals surface area contributed by atoms with Gasteiger partial charge in [0.15, 0.2) is 0 Å². The third-order valence-electron chi connectivity index (χ3n) is 8.04. The molecule has 2 saturated carbocycles. The molecule has 1 nitrogen and oxygen atoms in total. The molecule has 1 heterocycles. The quantitative estimate of drug-likeness (QED) is 0.507. The topological polar surface area (TPSA) is 9.23 Å².